The van der Waals surface area contributed by atoms with Crippen LogP contribution in [0.4, 0.5) is 0 Å². The maximum Gasteiger partial charge on any atom is 0.0880 e. The van der Waals surface area contributed by atoms with E-state index in [1.165, 1.54) is 18.4 Å². The monoisotopic (exact) mass is 293 g/mol. The first-order valence-electron chi connectivity index (χ1n) is 8.49. The molecule has 4 heteroatoms. The smallest absolute Gasteiger partial charge is 0.0880 e. The van der Waals surface area contributed by atoms with Crippen molar-refractivity contribution in [2.75, 3.05) is 32.8 Å². The highest BCUT2D eigenvalue weighted by Crippen LogP contribution is 2.19. The zero-order chi connectivity index (χ0) is 15.1. The van der Waals surface area contributed by atoms with Gasteiger partial charge in [0.2, 0.25) is 0 Å². The Morgan fingerprint density at radius 3 is 2.95 bits per heavy atom. The van der Waals surface area contributed by atoms with Gasteiger partial charge in [0.05, 0.1) is 12.7 Å². The molecular weight excluding hydrogens is 262 g/mol. The second-order valence-corrected chi connectivity index (χ2v) is 5.93. The summed E-state index contributed by atoms with van der Waals surface area (Å²) in [4.78, 5) is 2.47. The van der Waals surface area contributed by atoms with Crippen LogP contribution in [-0.4, -0.2) is 48.4 Å². The third-order valence-electron chi connectivity index (χ3n) is 4.29. The highest BCUT2D eigenvalue weighted by molar-refractivity contribution is 5.15. The molecule has 0 aromatic carbocycles. The van der Waals surface area contributed by atoms with Gasteiger partial charge in [-0.15, -0.1) is 0 Å². The van der Waals surface area contributed by atoms with Crippen molar-refractivity contribution in [2.45, 2.75) is 52.3 Å². The van der Waals surface area contributed by atoms with E-state index < -0.39 is 0 Å². The van der Waals surface area contributed by atoms with Crippen LogP contribution in [0.1, 0.15) is 45.2 Å². The number of hydrogen-bond donors (Lipinski definition) is 1. The van der Waals surface area contributed by atoms with Crippen molar-refractivity contribution >= 4 is 0 Å². The number of ether oxygens (including phenoxy) is 1. The van der Waals surface area contributed by atoms with Crippen LogP contribution in [0.25, 0.3) is 0 Å². The van der Waals surface area contributed by atoms with E-state index in [1.54, 1.807) is 0 Å². The van der Waals surface area contributed by atoms with Gasteiger partial charge < -0.3 is 14.6 Å². The first-order valence-corrected chi connectivity index (χ1v) is 8.49. The minimum absolute atomic E-state index is 0.322. The molecule has 0 aliphatic carbocycles. The Hall–Kier alpha value is -0.840. The topological polar surface area (TPSA) is 29.4 Å². The van der Waals surface area contributed by atoms with Crippen LogP contribution in [0.2, 0.25) is 0 Å². The molecule has 2 unspecified atom stereocenters. The Balaban J connectivity index is 1.92. The van der Waals surface area contributed by atoms with Crippen LogP contribution in [0.5, 0.6) is 0 Å². The summed E-state index contributed by atoms with van der Waals surface area (Å²) in [7, 11) is 0. The van der Waals surface area contributed by atoms with Gasteiger partial charge in [-0.2, -0.15) is 0 Å². The van der Waals surface area contributed by atoms with Gasteiger partial charge in [-0.25, -0.2) is 0 Å². The third-order valence-corrected chi connectivity index (χ3v) is 4.29. The summed E-state index contributed by atoms with van der Waals surface area (Å²) < 4.78 is 8.19. The number of rotatable bonds is 8. The molecule has 1 aliphatic rings. The van der Waals surface area contributed by atoms with Crippen LogP contribution in [0, 0.1) is 0 Å². The van der Waals surface area contributed by atoms with Crippen LogP contribution in [-0.2, 0) is 11.3 Å². The number of nitrogens with one attached hydrogen (secondary N) is 1. The maximum absolute atomic E-state index is 5.90. The minimum atomic E-state index is 0.322. The Morgan fingerprint density at radius 2 is 2.24 bits per heavy atom. The van der Waals surface area contributed by atoms with Gasteiger partial charge in [0.15, 0.2) is 0 Å². The van der Waals surface area contributed by atoms with Crippen LogP contribution >= 0.6 is 0 Å². The SMILES string of the molecule is CCCC(NCC)c1ccn(CC2CN(CC)CCO2)c1. The first kappa shape index (κ1) is 16.5. The number of likely N-dealkylation sites (N-methyl/N-ethyl adjacent to an activating group) is 1. The molecule has 1 N–H and O–H groups in total. The molecule has 4 nitrogen and oxygen atoms in total. The Labute approximate surface area is 129 Å². The molecule has 1 aromatic rings. The molecule has 0 saturated carbocycles. The van der Waals surface area contributed by atoms with Gasteiger partial charge in [0.25, 0.3) is 0 Å². The Bertz CT molecular complexity index is 398. The lowest BCUT2D eigenvalue weighted by molar-refractivity contribution is -0.0342. The van der Waals surface area contributed by atoms with E-state index in [0.717, 1.165) is 39.3 Å². The van der Waals surface area contributed by atoms with E-state index in [1.807, 2.05) is 0 Å². The molecule has 2 heterocycles. The van der Waals surface area contributed by atoms with Crippen LogP contribution in [0.3, 0.4) is 0 Å². The van der Waals surface area contributed by atoms with Crippen LogP contribution < -0.4 is 5.32 Å². The zero-order valence-electron chi connectivity index (χ0n) is 13.8. The highest BCUT2D eigenvalue weighted by atomic mass is 16.5. The second kappa shape index (κ2) is 8.57. The molecule has 1 aliphatic heterocycles. The van der Waals surface area contributed by atoms with Gasteiger partial charge >= 0.3 is 0 Å². The maximum atomic E-state index is 5.90. The summed E-state index contributed by atoms with van der Waals surface area (Å²) in [5.41, 5.74) is 1.40. The molecule has 2 atom stereocenters. The van der Waals surface area contributed by atoms with Crippen molar-refractivity contribution in [1.82, 2.24) is 14.8 Å². The normalized spacial score (nSPS) is 21.6. The number of morpholine rings is 1. The Morgan fingerprint density at radius 1 is 1.38 bits per heavy atom. The molecule has 0 bridgehead atoms. The van der Waals surface area contributed by atoms with Crippen molar-refractivity contribution in [2.24, 2.45) is 0 Å². The van der Waals surface area contributed by atoms with Crippen molar-refractivity contribution < 1.29 is 4.74 Å². The summed E-state index contributed by atoms with van der Waals surface area (Å²) in [5.74, 6) is 0. The fourth-order valence-corrected chi connectivity index (χ4v) is 3.11. The van der Waals surface area contributed by atoms with Gasteiger partial charge in [-0.1, -0.05) is 27.2 Å². The van der Waals surface area contributed by atoms with E-state index in [9.17, 15) is 0 Å². The van der Waals surface area contributed by atoms with Gasteiger partial charge in [0, 0.05) is 38.1 Å². The van der Waals surface area contributed by atoms with Crippen LogP contribution in [0.15, 0.2) is 18.5 Å². The van der Waals surface area contributed by atoms with Crippen molar-refractivity contribution in [1.29, 1.82) is 0 Å². The lowest BCUT2D eigenvalue weighted by atomic mass is 10.1. The molecule has 1 aromatic heterocycles. The van der Waals surface area contributed by atoms with E-state index >= 15 is 0 Å². The predicted octanol–water partition coefficient (Wildman–Crippen LogP) is 2.66. The fraction of sp³-hybridized carbons (Fsp3) is 0.765. The fourth-order valence-electron chi connectivity index (χ4n) is 3.11. The summed E-state index contributed by atoms with van der Waals surface area (Å²) >= 11 is 0. The molecule has 0 radical (unpaired) electrons. The number of hydrogen-bond acceptors (Lipinski definition) is 3. The third kappa shape index (κ3) is 4.83. The zero-order valence-corrected chi connectivity index (χ0v) is 13.8. The summed E-state index contributed by atoms with van der Waals surface area (Å²) in [6.45, 7) is 12.7. The standard InChI is InChI=1S/C17H31N3O/c1-4-7-17(18-5-2)15-8-9-20(12-15)14-16-13-19(6-3)10-11-21-16/h8-9,12,16-18H,4-7,10-11,13-14H2,1-3H3. The van der Waals surface area contributed by atoms with Gasteiger partial charge in [-0.3, -0.25) is 4.90 Å². The lowest BCUT2D eigenvalue weighted by Crippen LogP contribution is -2.43. The minimum Gasteiger partial charge on any atom is -0.374 e. The second-order valence-electron chi connectivity index (χ2n) is 5.93. The van der Waals surface area contributed by atoms with E-state index in [-0.39, 0.29) is 0 Å². The van der Waals surface area contributed by atoms with Gasteiger partial charge in [0.1, 0.15) is 0 Å². The lowest BCUT2D eigenvalue weighted by Gasteiger charge is -2.32. The van der Waals surface area contributed by atoms with E-state index in [0.29, 0.717) is 12.1 Å². The average Bonchev–Trinajstić information content (AvgIpc) is 2.95. The molecule has 120 valence electrons. The summed E-state index contributed by atoms with van der Waals surface area (Å²) in [5, 5.41) is 3.58. The van der Waals surface area contributed by atoms with Crippen molar-refractivity contribution in [3.05, 3.63) is 24.0 Å². The highest BCUT2D eigenvalue weighted by Gasteiger charge is 2.20. The number of nitrogens with zero attached hydrogens (tertiary/aromatic N) is 2. The van der Waals surface area contributed by atoms with E-state index in [4.69, 9.17) is 4.74 Å². The molecule has 1 fully saturated rings. The quantitative estimate of drug-likeness (QED) is 0.799. The van der Waals surface area contributed by atoms with Crippen molar-refractivity contribution in [3.63, 3.8) is 0 Å². The molecule has 21 heavy (non-hydrogen) atoms. The van der Waals surface area contributed by atoms with Gasteiger partial charge in [-0.05, 0) is 31.1 Å². The molecular formula is C17H31N3O. The molecule has 0 spiro atoms. The predicted molar refractivity (Wildman–Crippen MR) is 87.6 cm³/mol. The Kier molecular flexibility index (Phi) is 6.74. The van der Waals surface area contributed by atoms with E-state index in [2.05, 4.69) is 54.0 Å². The molecule has 0 amide bonds. The first-order chi connectivity index (χ1) is 10.3. The molecule has 2 rings (SSSR count). The largest absolute Gasteiger partial charge is 0.374 e. The number of aromatic nitrogens is 1. The summed E-state index contributed by atoms with van der Waals surface area (Å²) in [6, 6.07) is 2.74. The average molecular weight is 293 g/mol. The molecule has 1 saturated heterocycles. The van der Waals surface area contributed by atoms with Crippen molar-refractivity contribution in [3.8, 4) is 0 Å². The summed E-state index contributed by atoms with van der Waals surface area (Å²) in [6.07, 6.45) is 7.21.